The number of nitrogens with one attached hydrogen (secondary N) is 2. The molecule has 1 atom stereocenters. The summed E-state index contributed by atoms with van der Waals surface area (Å²) >= 11 is 0. The third-order valence-electron chi connectivity index (χ3n) is 4.80. The number of ether oxygens (including phenoxy) is 1. The van der Waals surface area contributed by atoms with Gasteiger partial charge in [-0.25, -0.2) is 0 Å². The van der Waals surface area contributed by atoms with Gasteiger partial charge in [0.2, 0.25) is 11.8 Å². The van der Waals surface area contributed by atoms with Gasteiger partial charge in [-0.2, -0.15) is 0 Å². The quantitative estimate of drug-likeness (QED) is 0.308. The van der Waals surface area contributed by atoms with Crippen LogP contribution >= 0.6 is 0 Å². The summed E-state index contributed by atoms with van der Waals surface area (Å²) in [6.07, 6.45) is 3.75. The van der Waals surface area contributed by atoms with Crippen LogP contribution in [0.15, 0.2) is 29.4 Å². The lowest BCUT2D eigenvalue weighted by Crippen LogP contribution is -2.49. The highest BCUT2D eigenvalue weighted by molar-refractivity contribution is 5.87. The molecule has 1 aliphatic carbocycles. The third kappa shape index (κ3) is 7.78. The number of amides is 2. The molecule has 1 aliphatic rings. The smallest absolute Gasteiger partial charge is 0.241 e. The standard InChI is InChI=1S/C20H31N5O4/c1-25(13-18(26)23-14-24-28)20(27)19(16-8-9-16)22-11-12-29-17-7-3-2-5-15(17)6-4-10-21/h2-3,5,7,16,19,22H,4,6,8-14,21H2,1H3,(H,23,26). The number of likely N-dealkylation sites (N-methyl/N-ethyl adjacent to an activating group) is 1. The van der Waals surface area contributed by atoms with E-state index in [0.717, 1.165) is 37.0 Å². The second-order valence-corrected chi connectivity index (χ2v) is 7.20. The van der Waals surface area contributed by atoms with Crippen molar-refractivity contribution < 1.29 is 14.3 Å². The highest BCUT2D eigenvalue weighted by Gasteiger charge is 2.37. The Balaban J connectivity index is 1.80. The third-order valence-corrected chi connectivity index (χ3v) is 4.80. The zero-order valence-electron chi connectivity index (χ0n) is 16.9. The lowest BCUT2D eigenvalue weighted by molar-refractivity contribution is -0.136. The average molecular weight is 405 g/mol. The van der Waals surface area contributed by atoms with Crippen molar-refractivity contribution in [3.63, 3.8) is 0 Å². The van der Waals surface area contributed by atoms with Gasteiger partial charge in [-0.1, -0.05) is 18.2 Å². The largest absolute Gasteiger partial charge is 0.492 e. The van der Waals surface area contributed by atoms with Crippen molar-refractivity contribution in [1.29, 1.82) is 0 Å². The van der Waals surface area contributed by atoms with Gasteiger partial charge >= 0.3 is 0 Å². The molecule has 0 aromatic heterocycles. The molecule has 0 aliphatic heterocycles. The van der Waals surface area contributed by atoms with E-state index in [1.54, 1.807) is 7.05 Å². The van der Waals surface area contributed by atoms with Crippen LogP contribution in [0.1, 0.15) is 24.8 Å². The number of benzene rings is 1. The molecule has 160 valence electrons. The predicted molar refractivity (Wildman–Crippen MR) is 110 cm³/mol. The molecule has 1 saturated carbocycles. The molecule has 0 heterocycles. The van der Waals surface area contributed by atoms with Crippen molar-refractivity contribution in [2.75, 3.05) is 40.0 Å². The van der Waals surface area contributed by atoms with Crippen LogP contribution in [-0.2, 0) is 16.0 Å². The van der Waals surface area contributed by atoms with Crippen LogP contribution in [0, 0.1) is 10.8 Å². The van der Waals surface area contributed by atoms with E-state index in [2.05, 4.69) is 15.8 Å². The number of hydrogen-bond donors (Lipinski definition) is 3. The van der Waals surface area contributed by atoms with E-state index in [9.17, 15) is 14.5 Å². The monoisotopic (exact) mass is 405 g/mol. The highest BCUT2D eigenvalue weighted by atomic mass is 16.5. The number of carbonyl (C=O) groups is 2. The van der Waals surface area contributed by atoms with Gasteiger partial charge in [-0.15, -0.1) is 4.91 Å². The predicted octanol–water partition coefficient (Wildman–Crippen LogP) is 0.623. The zero-order chi connectivity index (χ0) is 21.1. The van der Waals surface area contributed by atoms with Crippen LogP contribution in [0.5, 0.6) is 5.75 Å². The molecular weight excluding hydrogens is 374 g/mol. The first-order chi connectivity index (χ1) is 14.1. The Labute approximate surface area is 171 Å². The van der Waals surface area contributed by atoms with Crippen molar-refractivity contribution in [3.05, 3.63) is 34.7 Å². The lowest BCUT2D eigenvalue weighted by Gasteiger charge is -2.24. The Morgan fingerprint density at radius 2 is 2.10 bits per heavy atom. The van der Waals surface area contributed by atoms with E-state index in [0.29, 0.717) is 19.7 Å². The molecule has 0 bridgehead atoms. The van der Waals surface area contributed by atoms with Gasteiger partial charge in [0, 0.05) is 13.6 Å². The molecule has 0 saturated heterocycles. The van der Waals surface area contributed by atoms with Gasteiger partial charge in [0.25, 0.3) is 0 Å². The summed E-state index contributed by atoms with van der Waals surface area (Å²) in [4.78, 5) is 35.9. The first kappa shape index (κ1) is 22.8. The minimum Gasteiger partial charge on any atom is -0.492 e. The van der Waals surface area contributed by atoms with Crippen LogP contribution in [0.4, 0.5) is 0 Å². The number of para-hydroxylation sites is 1. The zero-order valence-corrected chi connectivity index (χ0v) is 16.9. The van der Waals surface area contributed by atoms with Gasteiger partial charge in [-0.05, 0) is 55.0 Å². The van der Waals surface area contributed by atoms with Gasteiger partial charge < -0.3 is 26.0 Å². The summed E-state index contributed by atoms with van der Waals surface area (Å²) in [6.45, 7) is 1.19. The molecule has 0 radical (unpaired) electrons. The number of nitrogens with two attached hydrogens (primary N) is 1. The van der Waals surface area contributed by atoms with E-state index in [1.165, 1.54) is 4.90 Å². The molecule has 2 rings (SSSR count). The van der Waals surface area contributed by atoms with Crippen molar-refractivity contribution in [3.8, 4) is 5.75 Å². The Morgan fingerprint density at radius 1 is 1.34 bits per heavy atom. The number of hydrogen-bond acceptors (Lipinski definition) is 7. The number of nitrogens with zero attached hydrogens (tertiary/aromatic N) is 2. The lowest BCUT2D eigenvalue weighted by atomic mass is 10.1. The van der Waals surface area contributed by atoms with Crippen molar-refractivity contribution >= 4 is 11.8 Å². The fourth-order valence-corrected chi connectivity index (χ4v) is 3.11. The van der Waals surface area contributed by atoms with E-state index < -0.39 is 5.91 Å². The summed E-state index contributed by atoms with van der Waals surface area (Å²) in [6, 6.07) is 7.56. The molecule has 1 aromatic carbocycles. The van der Waals surface area contributed by atoms with Gasteiger partial charge in [0.1, 0.15) is 12.4 Å². The van der Waals surface area contributed by atoms with Gasteiger partial charge in [0.05, 0.1) is 12.6 Å². The normalized spacial score (nSPS) is 14.1. The molecule has 9 heteroatoms. The van der Waals surface area contributed by atoms with E-state index >= 15 is 0 Å². The molecule has 1 fully saturated rings. The molecule has 4 N–H and O–H groups in total. The topological polar surface area (TPSA) is 126 Å². The summed E-state index contributed by atoms with van der Waals surface area (Å²) in [5, 5.41) is 8.19. The van der Waals surface area contributed by atoms with Crippen LogP contribution in [0.25, 0.3) is 0 Å². The number of nitroso groups, excluding NO2 is 1. The molecule has 1 unspecified atom stereocenters. The molecule has 2 amide bonds. The minimum atomic E-state index is -0.410. The Hall–Kier alpha value is -2.52. The van der Waals surface area contributed by atoms with Crippen LogP contribution in [-0.4, -0.2) is 62.7 Å². The Bertz CT molecular complexity index is 681. The van der Waals surface area contributed by atoms with Crippen LogP contribution in [0.2, 0.25) is 0 Å². The van der Waals surface area contributed by atoms with Crippen LogP contribution < -0.4 is 21.1 Å². The molecule has 0 spiro atoms. The van der Waals surface area contributed by atoms with Gasteiger partial charge in [0.15, 0.2) is 6.67 Å². The summed E-state index contributed by atoms with van der Waals surface area (Å²) < 4.78 is 5.90. The fraction of sp³-hybridized carbons (Fsp3) is 0.600. The molecule has 9 nitrogen and oxygen atoms in total. The fourth-order valence-electron chi connectivity index (χ4n) is 3.11. The number of aryl methyl sites for hydroxylation is 1. The Morgan fingerprint density at radius 3 is 2.79 bits per heavy atom. The maximum atomic E-state index is 12.7. The second-order valence-electron chi connectivity index (χ2n) is 7.20. The van der Waals surface area contributed by atoms with Gasteiger partial charge in [-0.3, -0.25) is 9.59 Å². The summed E-state index contributed by atoms with van der Waals surface area (Å²) in [7, 11) is 1.58. The SMILES string of the molecule is CN(CC(=O)NCN=O)C(=O)C(NCCOc1ccccc1CCCN)C1CC1. The Kier molecular flexibility index (Phi) is 9.52. The highest BCUT2D eigenvalue weighted by Crippen LogP contribution is 2.33. The van der Waals surface area contributed by atoms with Crippen LogP contribution in [0.3, 0.4) is 0 Å². The maximum absolute atomic E-state index is 12.7. The van der Waals surface area contributed by atoms with Crippen molar-refractivity contribution in [1.82, 2.24) is 15.5 Å². The minimum absolute atomic E-state index is 0.107. The first-order valence-electron chi connectivity index (χ1n) is 10.0. The second kappa shape index (κ2) is 12.1. The van der Waals surface area contributed by atoms with Crippen molar-refractivity contribution in [2.24, 2.45) is 16.8 Å². The molecular formula is C20H31N5O4. The summed E-state index contributed by atoms with van der Waals surface area (Å²) in [5.74, 6) is 0.577. The summed E-state index contributed by atoms with van der Waals surface area (Å²) in [5.41, 5.74) is 6.72. The number of carbonyl (C=O) groups excluding carboxylic acids is 2. The average Bonchev–Trinajstić information content (AvgIpc) is 3.56. The molecule has 1 aromatic rings. The maximum Gasteiger partial charge on any atom is 0.241 e. The van der Waals surface area contributed by atoms with Crippen molar-refractivity contribution in [2.45, 2.75) is 31.7 Å². The van der Waals surface area contributed by atoms with E-state index in [4.69, 9.17) is 10.5 Å². The molecule has 29 heavy (non-hydrogen) atoms. The van der Waals surface area contributed by atoms with E-state index in [1.807, 2.05) is 24.3 Å². The van der Waals surface area contributed by atoms with E-state index in [-0.39, 0.29) is 31.1 Å². The number of rotatable bonds is 14. The first-order valence-corrected chi connectivity index (χ1v) is 10.0.